The van der Waals surface area contributed by atoms with Gasteiger partial charge in [-0.3, -0.25) is 9.59 Å². The fourth-order valence-corrected chi connectivity index (χ4v) is 1.25. The molecule has 2 N–H and O–H groups in total. The van der Waals surface area contributed by atoms with Gasteiger partial charge in [0.1, 0.15) is 0 Å². The molecule has 5 nitrogen and oxygen atoms in total. The number of methoxy groups -OCH3 is 1. The number of hydrogen-bond donors (Lipinski definition) is 2. The number of alkyl halides is 2. The van der Waals surface area contributed by atoms with Gasteiger partial charge in [0.2, 0.25) is 5.43 Å². The summed E-state index contributed by atoms with van der Waals surface area (Å²) in [7, 11) is 1.16. The van der Waals surface area contributed by atoms with Gasteiger partial charge >= 0.3 is 5.97 Å². The van der Waals surface area contributed by atoms with E-state index in [-0.39, 0.29) is 11.4 Å². The van der Waals surface area contributed by atoms with E-state index in [9.17, 15) is 18.4 Å². The average molecular weight is 233 g/mol. The van der Waals surface area contributed by atoms with E-state index in [0.29, 0.717) is 0 Å². The lowest BCUT2D eigenvalue weighted by molar-refractivity contribution is -0.136. The zero-order chi connectivity index (χ0) is 12.3. The van der Waals surface area contributed by atoms with Crippen LogP contribution in [0.1, 0.15) is 17.7 Å². The molecule has 0 saturated heterocycles. The van der Waals surface area contributed by atoms with Crippen LogP contribution in [0.5, 0.6) is 5.75 Å². The van der Waals surface area contributed by atoms with Gasteiger partial charge in [0.15, 0.2) is 5.75 Å². The second kappa shape index (κ2) is 4.73. The lowest BCUT2D eigenvalue weighted by Crippen LogP contribution is -2.18. The van der Waals surface area contributed by atoms with E-state index in [1.807, 2.05) is 0 Å². The van der Waals surface area contributed by atoms with E-state index in [0.717, 1.165) is 13.3 Å². The van der Waals surface area contributed by atoms with Crippen molar-refractivity contribution in [3.8, 4) is 5.75 Å². The molecule has 0 aliphatic rings. The molecule has 0 saturated carbocycles. The Morgan fingerprint density at radius 3 is 2.69 bits per heavy atom. The number of H-pyrrole nitrogens is 1. The van der Waals surface area contributed by atoms with Gasteiger partial charge in [-0.25, -0.2) is 8.78 Å². The first kappa shape index (κ1) is 12.2. The predicted octanol–water partition coefficient (Wildman–Crippen LogP) is 0.948. The number of ether oxygens (including phenoxy) is 1. The Kier molecular flexibility index (Phi) is 3.60. The summed E-state index contributed by atoms with van der Waals surface area (Å²) >= 11 is 0. The number of aromatic nitrogens is 1. The third-order valence-corrected chi connectivity index (χ3v) is 1.94. The van der Waals surface area contributed by atoms with Gasteiger partial charge in [-0.1, -0.05) is 0 Å². The van der Waals surface area contributed by atoms with Gasteiger partial charge < -0.3 is 14.8 Å². The normalized spacial score (nSPS) is 10.5. The Morgan fingerprint density at radius 1 is 1.62 bits per heavy atom. The van der Waals surface area contributed by atoms with Crippen molar-refractivity contribution in [3.05, 3.63) is 27.7 Å². The topological polar surface area (TPSA) is 79.4 Å². The molecule has 0 atom stereocenters. The van der Waals surface area contributed by atoms with Gasteiger partial charge in [0, 0.05) is 11.9 Å². The van der Waals surface area contributed by atoms with E-state index in [2.05, 4.69) is 9.72 Å². The standard InChI is InChI=1S/C9H9F2NO4/c1-16-5-3-12-4(2-6(13)14)7(8(5)15)9(10)11/h3,9H,2H2,1H3,(H,12,15)(H,13,14). The Hall–Kier alpha value is -1.92. The maximum Gasteiger partial charge on any atom is 0.309 e. The average Bonchev–Trinajstić information content (AvgIpc) is 2.16. The molecule has 0 aliphatic heterocycles. The second-order valence-corrected chi connectivity index (χ2v) is 2.95. The lowest BCUT2D eigenvalue weighted by Gasteiger charge is -2.08. The first-order valence-corrected chi connectivity index (χ1v) is 4.25. The first-order chi connectivity index (χ1) is 7.47. The molecular weight excluding hydrogens is 224 g/mol. The Bertz CT molecular complexity index is 455. The highest BCUT2D eigenvalue weighted by Gasteiger charge is 2.21. The monoisotopic (exact) mass is 233 g/mol. The summed E-state index contributed by atoms with van der Waals surface area (Å²) in [6.45, 7) is 0. The number of aromatic amines is 1. The second-order valence-electron chi connectivity index (χ2n) is 2.95. The molecule has 0 aliphatic carbocycles. The Balaban J connectivity index is 3.35. The molecular formula is C9H9F2NO4. The molecule has 1 rings (SSSR count). The Morgan fingerprint density at radius 2 is 2.25 bits per heavy atom. The van der Waals surface area contributed by atoms with E-state index < -0.39 is 29.8 Å². The first-order valence-electron chi connectivity index (χ1n) is 4.25. The minimum atomic E-state index is -3.05. The number of halogens is 2. The predicted molar refractivity (Wildman–Crippen MR) is 49.9 cm³/mol. The summed E-state index contributed by atoms with van der Waals surface area (Å²) < 4.78 is 29.7. The highest BCUT2D eigenvalue weighted by Crippen LogP contribution is 2.20. The molecule has 1 aromatic rings. The number of nitrogens with one attached hydrogen (secondary N) is 1. The summed E-state index contributed by atoms with van der Waals surface area (Å²) in [5.41, 5.74) is -2.16. The van der Waals surface area contributed by atoms with Crippen LogP contribution in [0.15, 0.2) is 11.0 Å². The quantitative estimate of drug-likeness (QED) is 0.811. The van der Waals surface area contributed by atoms with Crippen LogP contribution in [-0.2, 0) is 11.2 Å². The van der Waals surface area contributed by atoms with E-state index in [4.69, 9.17) is 5.11 Å². The van der Waals surface area contributed by atoms with E-state index in [1.165, 1.54) is 0 Å². The van der Waals surface area contributed by atoms with Crippen molar-refractivity contribution in [2.45, 2.75) is 12.8 Å². The number of pyridine rings is 1. The van der Waals surface area contributed by atoms with Crippen molar-refractivity contribution in [1.29, 1.82) is 0 Å². The van der Waals surface area contributed by atoms with Crippen molar-refractivity contribution in [2.75, 3.05) is 7.11 Å². The molecule has 0 unspecified atom stereocenters. The molecule has 88 valence electrons. The van der Waals surface area contributed by atoms with E-state index in [1.54, 1.807) is 0 Å². The molecule has 0 fully saturated rings. The maximum atomic E-state index is 12.6. The van der Waals surface area contributed by atoms with Crippen LogP contribution in [0.2, 0.25) is 0 Å². The van der Waals surface area contributed by atoms with Crippen molar-refractivity contribution in [2.24, 2.45) is 0 Å². The number of hydrogen-bond acceptors (Lipinski definition) is 3. The summed E-state index contributed by atoms with van der Waals surface area (Å²) in [5.74, 6) is -1.58. The van der Waals surface area contributed by atoms with Gasteiger partial charge in [-0.2, -0.15) is 0 Å². The van der Waals surface area contributed by atoms with Crippen molar-refractivity contribution in [3.63, 3.8) is 0 Å². The van der Waals surface area contributed by atoms with Crippen LogP contribution in [0.3, 0.4) is 0 Å². The van der Waals surface area contributed by atoms with Gasteiger partial charge in [0.25, 0.3) is 6.43 Å². The van der Waals surface area contributed by atoms with Crippen LogP contribution in [0.25, 0.3) is 0 Å². The Labute approximate surface area is 88.7 Å². The van der Waals surface area contributed by atoms with Crippen molar-refractivity contribution < 1.29 is 23.4 Å². The summed E-state index contributed by atoms with van der Waals surface area (Å²) in [4.78, 5) is 24.2. The van der Waals surface area contributed by atoms with Crippen LogP contribution >= 0.6 is 0 Å². The number of carboxylic acids is 1. The molecule has 0 aromatic carbocycles. The number of carbonyl (C=O) groups is 1. The smallest absolute Gasteiger partial charge is 0.309 e. The highest BCUT2D eigenvalue weighted by molar-refractivity contribution is 5.70. The summed E-state index contributed by atoms with van der Waals surface area (Å²) in [5, 5.41) is 8.49. The zero-order valence-corrected chi connectivity index (χ0v) is 8.29. The van der Waals surface area contributed by atoms with Crippen LogP contribution < -0.4 is 10.2 Å². The number of aliphatic carboxylic acids is 1. The molecule has 0 radical (unpaired) electrons. The third kappa shape index (κ3) is 2.36. The molecule has 0 amide bonds. The fourth-order valence-electron chi connectivity index (χ4n) is 1.25. The van der Waals surface area contributed by atoms with Gasteiger partial charge in [-0.15, -0.1) is 0 Å². The van der Waals surface area contributed by atoms with Crippen molar-refractivity contribution >= 4 is 5.97 Å². The van der Waals surface area contributed by atoms with E-state index >= 15 is 0 Å². The summed E-state index contributed by atoms with van der Waals surface area (Å²) in [6.07, 6.45) is -2.65. The molecule has 16 heavy (non-hydrogen) atoms. The number of carboxylic acid groups (broad SMARTS) is 1. The molecule has 7 heteroatoms. The van der Waals surface area contributed by atoms with Crippen LogP contribution in [0, 0.1) is 0 Å². The highest BCUT2D eigenvalue weighted by atomic mass is 19.3. The van der Waals surface area contributed by atoms with Crippen LogP contribution in [-0.4, -0.2) is 23.2 Å². The molecule has 1 aromatic heterocycles. The molecule has 1 heterocycles. The van der Waals surface area contributed by atoms with Gasteiger partial charge in [0.05, 0.1) is 19.1 Å². The molecule has 0 spiro atoms. The third-order valence-electron chi connectivity index (χ3n) is 1.94. The minimum absolute atomic E-state index is 0.274. The minimum Gasteiger partial charge on any atom is -0.491 e. The fraction of sp³-hybridized carbons (Fsp3) is 0.333. The van der Waals surface area contributed by atoms with Crippen molar-refractivity contribution in [1.82, 2.24) is 4.98 Å². The van der Waals surface area contributed by atoms with Gasteiger partial charge in [-0.05, 0) is 0 Å². The SMILES string of the molecule is COc1c[nH]c(CC(=O)O)c(C(F)F)c1=O. The summed E-state index contributed by atoms with van der Waals surface area (Å²) in [6, 6.07) is 0. The zero-order valence-electron chi connectivity index (χ0n) is 8.29. The van der Waals surface area contributed by atoms with Crippen LogP contribution in [0.4, 0.5) is 8.78 Å². The maximum absolute atomic E-state index is 12.6. The number of rotatable bonds is 4. The largest absolute Gasteiger partial charge is 0.491 e. The molecule has 0 bridgehead atoms. The lowest BCUT2D eigenvalue weighted by atomic mass is 10.1.